The van der Waals surface area contributed by atoms with E-state index >= 15 is 0 Å². The van der Waals surface area contributed by atoms with Gasteiger partial charge in [0.15, 0.2) is 0 Å². The van der Waals surface area contributed by atoms with Crippen molar-refractivity contribution in [1.29, 1.82) is 5.26 Å². The Bertz CT molecular complexity index is 1260. The number of nitriles is 1. The van der Waals surface area contributed by atoms with Crippen LogP contribution in [0.3, 0.4) is 0 Å². The zero-order chi connectivity index (χ0) is 20.4. The molecule has 4 aromatic rings. The van der Waals surface area contributed by atoms with Crippen LogP contribution in [0.25, 0.3) is 33.2 Å². The molecule has 0 aliphatic rings. The molecule has 2 aromatic heterocycles. The van der Waals surface area contributed by atoms with Gasteiger partial charge in [0.1, 0.15) is 22.6 Å². The molecule has 0 fully saturated rings. The molecule has 0 saturated heterocycles. The fourth-order valence-electron chi connectivity index (χ4n) is 2.86. The number of benzene rings is 2. The van der Waals surface area contributed by atoms with Gasteiger partial charge in [-0.15, -0.1) is 11.3 Å². The van der Waals surface area contributed by atoms with Gasteiger partial charge >= 0.3 is 5.97 Å². The van der Waals surface area contributed by atoms with E-state index in [-0.39, 0.29) is 0 Å². The number of aromatic nitrogens is 1. The van der Waals surface area contributed by atoms with Crippen LogP contribution < -0.4 is 0 Å². The molecule has 0 saturated carbocycles. The molecule has 0 bridgehead atoms. The van der Waals surface area contributed by atoms with Crippen LogP contribution in [0, 0.1) is 11.3 Å². The number of thiazole rings is 1. The topological polar surface area (TPSA) is 76.1 Å². The van der Waals surface area contributed by atoms with E-state index in [2.05, 4.69) is 27.0 Å². The van der Waals surface area contributed by atoms with Crippen molar-refractivity contribution >= 4 is 55.1 Å². The van der Waals surface area contributed by atoms with Crippen LogP contribution in [0.4, 0.5) is 0 Å². The average Bonchev–Trinajstić information content (AvgIpc) is 3.38. The Hall–Kier alpha value is -3.21. The molecule has 0 aliphatic carbocycles. The Kier molecular flexibility index (Phi) is 5.30. The third-order valence-electron chi connectivity index (χ3n) is 4.21. The molecule has 0 N–H and O–H groups in total. The molecule has 0 spiro atoms. The van der Waals surface area contributed by atoms with E-state index in [0.29, 0.717) is 33.2 Å². The Balaban J connectivity index is 1.72. The monoisotopic (exact) mass is 464 g/mol. The summed E-state index contributed by atoms with van der Waals surface area (Å²) in [6, 6.07) is 18.7. The van der Waals surface area contributed by atoms with Crippen LogP contribution in [0.15, 0.2) is 63.5 Å². The summed E-state index contributed by atoms with van der Waals surface area (Å²) in [6.07, 6.45) is 1.65. The number of hydrogen-bond acceptors (Lipinski definition) is 6. The molecule has 142 valence electrons. The highest BCUT2D eigenvalue weighted by Gasteiger charge is 2.17. The van der Waals surface area contributed by atoms with Gasteiger partial charge in [0, 0.05) is 16.1 Å². The summed E-state index contributed by atoms with van der Waals surface area (Å²) >= 11 is 4.82. The van der Waals surface area contributed by atoms with Crippen LogP contribution >= 0.6 is 27.3 Å². The molecule has 2 aromatic carbocycles. The lowest BCUT2D eigenvalue weighted by Crippen LogP contribution is -2.03. The number of nitrogens with zero attached hydrogens (tertiary/aromatic N) is 2. The molecule has 29 heavy (non-hydrogen) atoms. The zero-order valence-corrected chi connectivity index (χ0v) is 17.6. The molecule has 0 atom stereocenters. The van der Waals surface area contributed by atoms with Crippen molar-refractivity contribution in [1.82, 2.24) is 4.98 Å². The highest BCUT2D eigenvalue weighted by atomic mass is 79.9. The lowest BCUT2D eigenvalue weighted by atomic mass is 10.1. The number of rotatable bonds is 4. The number of hydrogen-bond donors (Lipinski definition) is 0. The summed E-state index contributed by atoms with van der Waals surface area (Å²) in [5.74, 6) is 0.544. The average molecular weight is 465 g/mol. The summed E-state index contributed by atoms with van der Waals surface area (Å²) in [6.45, 7) is 0. The molecule has 0 amide bonds. The normalized spacial score (nSPS) is 11.4. The molecule has 4 rings (SSSR count). The number of para-hydroxylation sites is 1. The van der Waals surface area contributed by atoms with Crippen molar-refractivity contribution in [2.45, 2.75) is 0 Å². The highest BCUT2D eigenvalue weighted by Crippen LogP contribution is 2.32. The number of halogens is 1. The van der Waals surface area contributed by atoms with E-state index in [1.165, 1.54) is 18.4 Å². The second-order valence-corrected chi connectivity index (χ2v) is 7.99. The first kappa shape index (κ1) is 19.1. The fourth-order valence-corrected chi connectivity index (χ4v) is 4.15. The second kappa shape index (κ2) is 8.03. The van der Waals surface area contributed by atoms with Crippen LogP contribution in [0.1, 0.15) is 21.1 Å². The maximum absolute atomic E-state index is 12.1. The Morgan fingerprint density at radius 3 is 2.83 bits per heavy atom. The van der Waals surface area contributed by atoms with Gasteiger partial charge in [-0.2, -0.15) is 5.26 Å². The summed E-state index contributed by atoms with van der Waals surface area (Å²) in [7, 11) is 1.33. The van der Waals surface area contributed by atoms with E-state index < -0.39 is 5.97 Å². The van der Waals surface area contributed by atoms with Crippen LogP contribution in [0.2, 0.25) is 0 Å². The molecule has 0 radical (unpaired) electrons. The maximum atomic E-state index is 12.1. The van der Waals surface area contributed by atoms with Crippen molar-refractivity contribution in [2.24, 2.45) is 0 Å². The number of esters is 1. The smallest absolute Gasteiger partial charge is 0.338 e. The minimum atomic E-state index is -0.456. The number of furan rings is 1. The van der Waals surface area contributed by atoms with Crippen LogP contribution in [-0.2, 0) is 4.74 Å². The summed E-state index contributed by atoms with van der Waals surface area (Å²) in [5, 5.41) is 10.2. The summed E-state index contributed by atoms with van der Waals surface area (Å²) in [4.78, 5) is 16.6. The number of allylic oxidation sites excluding steroid dienone is 1. The number of fused-ring (bicyclic) bond motifs is 1. The van der Waals surface area contributed by atoms with Gasteiger partial charge in [0.25, 0.3) is 0 Å². The second-order valence-electron chi connectivity index (χ2n) is 6.04. The molecule has 5 nitrogen and oxygen atoms in total. The SMILES string of the molecule is COC(=O)c1cc(Br)ccc1-c1ccc(/C=C(/C#N)c2nc3ccccc3s2)o1. The first-order chi connectivity index (χ1) is 14.1. The molecular weight excluding hydrogens is 452 g/mol. The molecule has 7 heteroatoms. The quantitative estimate of drug-likeness (QED) is 0.266. The van der Waals surface area contributed by atoms with E-state index in [9.17, 15) is 10.1 Å². The van der Waals surface area contributed by atoms with Crippen molar-refractivity contribution in [3.8, 4) is 17.4 Å². The van der Waals surface area contributed by atoms with Crippen molar-refractivity contribution in [2.75, 3.05) is 7.11 Å². The van der Waals surface area contributed by atoms with Gasteiger partial charge < -0.3 is 9.15 Å². The van der Waals surface area contributed by atoms with Gasteiger partial charge in [-0.3, -0.25) is 0 Å². The van der Waals surface area contributed by atoms with Gasteiger partial charge in [-0.1, -0.05) is 28.1 Å². The molecular formula is C22H13BrN2O3S. The Labute approximate surface area is 179 Å². The van der Waals surface area contributed by atoms with E-state index in [4.69, 9.17) is 9.15 Å². The standard InChI is InChI=1S/C22H13BrN2O3S/c1-27-22(26)17-11-14(23)6-8-16(17)19-9-7-15(28-19)10-13(12-24)21-25-18-4-2-3-5-20(18)29-21/h2-11H,1H3/b13-10-. The third-order valence-corrected chi connectivity index (χ3v) is 5.77. The lowest BCUT2D eigenvalue weighted by molar-refractivity contribution is 0.0601. The molecule has 0 unspecified atom stereocenters. The summed E-state index contributed by atoms with van der Waals surface area (Å²) in [5.41, 5.74) is 2.26. The largest absolute Gasteiger partial charge is 0.465 e. The van der Waals surface area contributed by atoms with Gasteiger partial charge in [-0.05, 0) is 42.5 Å². The van der Waals surface area contributed by atoms with E-state index in [1.54, 1.807) is 30.3 Å². The Morgan fingerprint density at radius 1 is 1.24 bits per heavy atom. The van der Waals surface area contributed by atoms with Crippen molar-refractivity contribution in [3.63, 3.8) is 0 Å². The molecule has 0 aliphatic heterocycles. The number of carbonyl (C=O) groups excluding carboxylic acids is 1. The lowest BCUT2D eigenvalue weighted by Gasteiger charge is -2.06. The minimum absolute atomic E-state index is 0.387. The highest BCUT2D eigenvalue weighted by molar-refractivity contribution is 9.10. The summed E-state index contributed by atoms with van der Waals surface area (Å²) < 4.78 is 12.5. The van der Waals surface area contributed by atoms with E-state index in [0.717, 1.165) is 14.7 Å². The van der Waals surface area contributed by atoms with E-state index in [1.807, 2.05) is 30.3 Å². The fraction of sp³-hybridized carbons (Fsp3) is 0.0455. The van der Waals surface area contributed by atoms with Crippen LogP contribution in [-0.4, -0.2) is 18.1 Å². The number of methoxy groups -OCH3 is 1. The third kappa shape index (κ3) is 3.86. The minimum Gasteiger partial charge on any atom is -0.465 e. The van der Waals surface area contributed by atoms with Gasteiger partial charge in [0.2, 0.25) is 0 Å². The number of carbonyl (C=O) groups is 1. The Morgan fingerprint density at radius 2 is 2.07 bits per heavy atom. The van der Waals surface area contributed by atoms with Crippen LogP contribution in [0.5, 0.6) is 0 Å². The molecule has 2 heterocycles. The first-order valence-electron chi connectivity index (χ1n) is 8.55. The first-order valence-corrected chi connectivity index (χ1v) is 10.2. The predicted molar refractivity (Wildman–Crippen MR) is 116 cm³/mol. The van der Waals surface area contributed by atoms with Crippen molar-refractivity contribution < 1.29 is 13.9 Å². The zero-order valence-electron chi connectivity index (χ0n) is 15.2. The van der Waals surface area contributed by atoms with Gasteiger partial charge in [0.05, 0.1) is 28.5 Å². The maximum Gasteiger partial charge on any atom is 0.338 e. The van der Waals surface area contributed by atoms with Crippen molar-refractivity contribution in [3.05, 3.63) is 75.4 Å². The van der Waals surface area contributed by atoms with Gasteiger partial charge in [-0.25, -0.2) is 9.78 Å². The predicted octanol–water partition coefficient (Wildman–Crippen LogP) is 6.17. The number of ether oxygens (including phenoxy) is 1.